The van der Waals surface area contributed by atoms with E-state index in [4.69, 9.17) is 15.2 Å². The summed E-state index contributed by atoms with van der Waals surface area (Å²) in [5.74, 6) is 1.13. The molecule has 0 unspecified atom stereocenters. The standard InChI is InChI=1S/C17H17N3O3/c1-10-7-15-16(23-9-22-15)8-14(10)17(20-19-11(2)21)12-3-5-13(18)6-4-12/h3-8H,9,18H2,1-2H3,(H,19,21)/b20-17+. The molecule has 3 N–H and O–H groups in total. The number of anilines is 1. The number of hydrazone groups is 1. The third kappa shape index (κ3) is 3.11. The highest BCUT2D eigenvalue weighted by atomic mass is 16.7. The largest absolute Gasteiger partial charge is 0.454 e. The van der Waals surface area contributed by atoms with Crippen molar-refractivity contribution < 1.29 is 14.3 Å². The van der Waals surface area contributed by atoms with E-state index < -0.39 is 0 Å². The molecule has 1 aliphatic rings. The van der Waals surface area contributed by atoms with Gasteiger partial charge in [0.2, 0.25) is 12.7 Å². The maximum absolute atomic E-state index is 11.3. The summed E-state index contributed by atoms with van der Waals surface area (Å²) in [4.78, 5) is 11.3. The van der Waals surface area contributed by atoms with Gasteiger partial charge in [0.15, 0.2) is 11.5 Å². The predicted molar refractivity (Wildman–Crippen MR) is 87.6 cm³/mol. The van der Waals surface area contributed by atoms with E-state index in [9.17, 15) is 4.79 Å². The van der Waals surface area contributed by atoms with Crippen LogP contribution in [0.5, 0.6) is 11.5 Å². The van der Waals surface area contributed by atoms with Gasteiger partial charge in [-0.1, -0.05) is 12.1 Å². The maximum Gasteiger partial charge on any atom is 0.236 e. The number of nitrogens with one attached hydrogen (secondary N) is 1. The average Bonchev–Trinajstić information content (AvgIpc) is 2.96. The van der Waals surface area contributed by atoms with Gasteiger partial charge in [-0.3, -0.25) is 4.79 Å². The van der Waals surface area contributed by atoms with Gasteiger partial charge in [-0.15, -0.1) is 0 Å². The minimum Gasteiger partial charge on any atom is -0.454 e. The second-order valence-corrected chi connectivity index (χ2v) is 5.27. The van der Waals surface area contributed by atoms with Crippen molar-refractivity contribution in [2.45, 2.75) is 13.8 Å². The van der Waals surface area contributed by atoms with Crippen LogP contribution < -0.4 is 20.6 Å². The zero-order chi connectivity index (χ0) is 16.4. The molecule has 3 rings (SSSR count). The minimum absolute atomic E-state index is 0.207. The van der Waals surface area contributed by atoms with Crippen molar-refractivity contribution in [2.75, 3.05) is 12.5 Å². The zero-order valence-electron chi connectivity index (χ0n) is 12.9. The molecule has 0 atom stereocenters. The van der Waals surface area contributed by atoms with Gasteiger partial charge in [-0.2, -0.15) is 5.10 Å². The van der Waals surface area contributed by atoms with Gasteiger partial charge in [0, 0.05) is 23.7 Å². The van der Waals surface area contributed by atoms with E-state index >= 15 is 0 Å². The van der Waals surface area contributed by atoms with E-state index in [-0.39, 0.29) is 12.7 Å². The molecule has 0 radical (unpaired) electrons. The van der Waals surface area contributed by atoms with E-state index in [1.807, 2.05) is 31.2 Å². The Morgan fingerprint density at radius 1 is 1.17 bits per heavy atom. The van der Waals surface area contributed by atoms with Gasteiger partial charge in [0.25, 0.3) is 0 Å². The first-order chi connectivity index (χ1) is 11.0. The summed E-state index contributed by atoms with van der Waals surface area (Å²) >= 11 is 0. The van der Waals surface area contributed by atoms with Crippen molar-refractivity contribution in [3.8, 4) is 11.5 Å². The number of aryl methyl sites for hydroxylation is 1. The van der Waals surface area contributed by atoms with Crippen LogP contribution in [-0.4, -0.2) is 18.4 Å². The first kappa shape index (κ1) is 14.9. The summed E-state index contributed by atoms with van der Waals surface area (Å²) in [6.07, 6.45) is 0. The number of carbonyl (C=O) groups is 1. The summed E-state index contributed by atoms with van der Waals surface area (Å²) in [6, 6.07) is 11.1. The molecule has 0 fully saturated rings. The molecule has 0 saturated heterocycles. The summed E-state index contributed by atoms with van der Waals surface area (Å²) in [6.45, 7) is 3.58. The minimum atomic E-state index is -0.239. The van der Waals surface area contributed by atoms with Crippen LogP contribution in [0.15, 0.2) is 41.5 Å². The molecule has 23 heavy (non-hydrogen) atoms. The van der Waals surface area contributed by atoms with Gasteiger partial charge < -0.3 is 15.2 Å². The zero-order valence-corrected chi connectivity index (χ0v) is 12.9. The Kier molecular flexibility index (Phi) is 3.89. The highest BCUT2D eigenvalue weighted by Crippen LogP contribution is 2.35. The monoisotopic (exact) mass is 311 g/mol. The van der Waals surface area contributed by atoms with E-state index in [0.29, 0.717) is 22.9 Å². The van der Waals surface area contributed by atoms with Crippen LogP contribution >= 0.6 is 0 Å². The Hall–Kier alpha value is -3.02. The smallest absolute Gasteiger partial charge is 0.236 e. The quantitative estimate of drug-likeness (QED) is 0.517. The number of carbonyl (C=O) groups excluding carboxylic acids is 1. The fourth-order valence-corrected chi connectivity index (χ4v) is 2.35. The second kappa shape index (κ2) is 6.00. The predicted octanol–water partition coefficient (Wildman–Crippen LogP) is 2.19. The van der Waals surface area contributed by atoms with Crippen molar-refractivity contribution >= 4 is 17.3 Å². The lowest BCUT2D eigenvalue weighted by Crippen LogP contribution is -2.17. The average molecular weight is 311 g/mol. The number of hydrogen-bond donors (Lipinski definition) is 2. The fraction of sp³-hybridized carbons (Fsp3) is 0.176. The normalized spacial score (nSPS) is 13.0. The summed E-state index contributed by atoms with van der Waals surface area (Å²) in [5.41, 5.74) is 12.2. The molecule has 2 aromatic carbocycles. The Morgan fingerprint density at radius 3 is 2.48 bits per heavy atom. The highest BCUT2D eigenvalue weighted by Gasteiger charge is 2.19. The molecule has 6 nitrogen and oxygen atoms in total. The Labute approximate surface area is 133 Å². The number of nitrogens with two attached hydrogens (primary N) is 1. The van der Waals surface area contributed by atoms with E-state index in [1.165, 1.54) is 6.92 Å². The first-order valence-electron chi connectivity index (χ1n) is 7.15. The number of ether oxygens (including phenoxy) is 2. The molecule has 0 spiro atoms. The molecule has 118 valence electrons. The summed E-state index contributed by atoms with van der Waals surface area (Å²) < 4.78 is 10.8. The molecule has 0 aromatic heterocycles. The number of nitrogen functional groups attached to an aromatic ring is 1. The molecular weight excluding hydrogens is 294 g/mol. The number of rotatable bonds is 3. The SMILES string of the molecule is CC(=O)N/N=C(\c1ccc(N)cc1)c1cc2c(cc1C)OCO2. The second-order valence-electron chi connectivity index (χ2n) is 5.27. The molecule has 1 heterocycles. The van der Waals surface area contributed by atoms with Gasteiger partial charge in [-0.05, 0) is 36.8 Å². The molecular formula is C17H17N3O3. The van der Waals surface area contributed by atoms with Crippen molar-refractivity contribution in [1.29, 1.82) is 0 Å². The van der Waals surface area contributed by atoms with E-state index in [2.05, 4.69) is 10.5 Å². The third-order valence-electron chi connectivity index (χ3n) is 3.48. The first-order valence-corrected chi connectivity index (χ1v) is 7.15. The van der Waals surface area contributed by atoms with Crippen LogP contribution in [0, 0.1) is 6.92 Å². The van der Waals surface area contributed by atoms with Crippen molar-refractivity contribution in [3.63, 3.8) is 0 Å². The lowest BCUT2D eigenvalue weighted by atomic mass is 9.97. The lowest BCUT2D eigenvalue weighted by Gasteiger charge is -2.12. The van der Waals surface area contributed by atoms with E-state index in [1.54, 1.807) is 12.1 Å². The van der Waals surface area contributed by atoms with Gasteiger partial charge in [-0.25, -0.2) is 5.43 Å². The molecule has 1 amide bonds. The van der Waals surface area contributed by atoms with Crippen LogP contribution in [0.25, 0.3) is 0 Å². The van der Waals surface area contributed by atoms with Crippen molar-refractivity contribution in [2.24, 2.45) is 5.10 Å². The third-order valence-corrected chi connectivity index (χ3v) is 3.48. The summed E-state index contributed by atoms with van der Waals surface area (Å²) in [5, 5.41) is 4.26. The topological polar surface area (TPSA) is 85.9 Å². The Bertz CT molecular complexity index is 782. The number of hydrogen-bond acceptors (Lipinski definition) is 5. The molecule has 2 aromatic rings. The highest BCUT2D eigenvalue weighted by molar-refractivity contribution is 6.14. The van der Waals surface area contributed by atoms with Crippen LogP contribution in [0.1, 0.15) is 23.6 Å². The number of fused-ring (bicyclic) bond motifs is 1. The van der Waals surface area contributed by atoms with Gasteiger partial charge >= 0.3 is 0 Å². The Morgan fingerprint density at radius 2 is 1.83 bits per heavy atom. The van der Waals surface area contributed by atoms with Gasteiger partial charge in [0.1, 0.15) is 0 Å². The molecule has 1 aliphatic heterocycles. The van der Waals surface area contributed by atoms with Crippen molar-refractivity contribution in [3.05, 3.63) is 53.1 Å². The summed E-state index contributed by atoms with van der Waals surface area (Å²) in [7, 11) is 0. The van der Waals surface area contributed by atoms with Gasteiger partial charge in [0.05, 0.1) is 5.71 Å². The van der Waals surface area contributed by atoms with Crippen LogP contribution in [0.2, 0.25) is 0 Å². The lowest BCUT2D eigenvalue weighted by molar-refractivity contribution is -0.118. The number of nitrogens with zero attached hydrogens (tertiary/aromatic N) is 1. The van der Waals surface area contributed by atoms with Crippen LogP contribution in [0.4, 0.5) is 5.69 Å². The van der Waals surface area contributed by atoms with Crippen LogP contribution in [0.3, 0.4) is 0 Å². The maximum atomic E-state index is 11.3. The number of amides is 1. The number of benzene rings is 2. The molecule has 0 bridgehead atoms. The van der Waals surface area contributed by atoms with E-state index in [0.717, 1.165) is 16.7 Å². The fourth-order valence-electron chi connectivity index (χ4n) is 2.35. The molecule has 0 saturated carbocycles. The van der Waals surface area contributed by atoms with Crippen LogP contribution in [-0.2, 0) is 4.79 Å². The Balaban J connectivity index is 2.10. The molecule has 6 heteroatoms. The molecule has 0 aliphatic carbocycles. The van der Waals surface area contributed by atoms with Crippen molar-refractivity contribution in [1.82, 2.24) is 5.43 Å².